The second-order valence-electron chi connectivity index (χ2n) is 8.42. The molecular formula is C23H25FKN4O4-. The van der Waals surface area contributed by atoms with Gasteiger partial charge in [0.2, 0.25) is 0 Å². The summed E-state index contributed by atoms with van der Waals surface area (Å²) in [5, 5.41) is 15.1. The SMILES string of the molecule is COc1ccncc1C1=C/C(=C/C(=[N-])NC(=O)[C@@H]2CC2F)[CH-]C(NC(=O)OC(C)(C)C)=C1.[K+]. The van der Waals surface area contributed by atoms with Crippen molar-refractivity contribution in [1.29, 1.82) is 0 Å². The number of carbonyl (C=O) groups is 2. The van der Waals surface area contributed by atoms with Gasteiger partial charge in [0.15, 0.2) is 0 Å². The van der Waals surface area contributed by atoms with Gasteiger partial charge in [-0.3, -0.25) is 9.78 Å². The van der Waals surface area contributed by atoms with E-state index in [4.69, 9.17) is 9.47 Å². The Labute approximate surface area is 235 Å². The molecule has 1 heterocycles. The van der Waals surface area contributed by atoms with Crippen LogP contribution in [0.25, 0.3) is 11.0 Å². The molecule has 0 bridgehead atoms. The number of methoxy groups -OCH3 is 1. The number of halogens is 1. The average molecular weight is 480 g/mol. The number of alkyl carbamates (subject to hydrolysis) is 1. The molecule has 1 aromatic rings. The van der Waals surface area contributed by atoms with Crippen LogP contribution in [0, 0.1) is 12.3 Å². The van der Waals surface area contributed by atoms with E-state index < -0.39 is 35.5 Å². The standard InChI is InChI=1S/C23H25FN4O4.K/c1-23(2,3)32-22(30)27-15-8-13(9-20(25)28-21(29)16-11-18(16)24)7-14(10-15)17-12-26-6-5-19(17)31-4;/h5-10,12,16,18H,11H2,1-4H3,(H2-,25,27,28,29,30);/q-2;+1/t16-,18?;/m1./s1. The molecule has 1 saturated carbocycles. The molecule has 1 fully saturated rings. The number of rotatable bonds is 5. The van der Waals surface area contributed by atoms with Crippen molar-refractivity contribution >= 4 is 23.4 Å². The number of pyridine rings is 1. The summed E-state index contributed by atoms with van der Waals surface area (Å²) in [7, 11) is 1.53. The van der Waals surface area contributed by atoms with Gasteiger partial charge in [0.25, 0.3) is 0 Å². The second-order valence-corrected chi connectivity index (χ2v) is 8.42. The normalized spacial score (nSPS) is 20.3. The summed E-state index contributed by atoms with van der Waals surface area (Å²) in [6.45, 7) is 5.25. The van der Waals surface area contributed by atoms with E-state index in [1.807, 2.05) is 0 Å². The number of hydrogen-bond acceptors (Lipinski definition) is 5. The van der Waals surface area contributed by atoms with Crippen molar-refractivity contribution in [3.05, 3.63) is 65.4 Å². The first-order valence-corrected chi connectivity index (χ1v) is 10.0. The predicted octanol–water partition coefficient (Wildman–Crippen LogP) is 0.473. The van der Waals surface area contributed by atoms with E-state index in [0.717, 1.165) is 0 Å². The summed E-state index contributed by atoms with van der Waals surface area (Å²) in [5.74, 6) is -1.19. The van der Waals surface area contributed by atoms with Crippen molar-refractivity contribution in [3.63, 3.8) is 0 Å². The van der Waals surface area contributed by atoms with E-state index >= 15 is 0 Å². The number of aromatic nitrogens is 1. The number of carbonyl (C=O) groups excluding carboxylic acids is 2. The van der Waals surface area contributed by atoms with Crippen LogP contribution in [0.1, 0.15) is 32.8 Å². The van der Waals surface area contributed by atoms with Gasteiger partial charge in [0.05, 0.1) is 13.0 Å². The zero-order valence-corrected chi connectivity index (χ0v) is 22.4. The zero-order chi connectivity index (χ0) is 23.5. The smallest absolute Gasteiger partial charge is 0.496 e. The molecule has 2 aliphatic rings. The van der Waals surface area contributed by atoms with E-state index in [1.54, 1.807) is 57.8 Å². The average Bonchev–Trinajstić information content (AvgIpc) is 3.43. The number of allylic oxidation sites excluding steroid dienone is 4. The van der Waals surface area contributed by atoms with Crippen LogP contribution in [-0.2, 0) is 9.53 Å². The minimum Gasteiger partial charge on any atom is -0.496 e. The van der Waals surface area contributed by atoms with Crippen LogP contribution < -0.4 is 66.8 Å². The van der Waals surface area contributed by atoms with E-state index in [2.05, 4.69) is 15.6 Å². The number of amidine groups is 1. The molecule has 10 heteroatoms. The number of hydrogen-bond donors (Lipinski definition) is 2. The van der Waals surface area contributed by atoms with Crippen LogP contribution in [0.5, 0.6) is 5.75 Å². The van der Waals surface area contributed by atoms with Gasteiger partial charge in [0.1, 0.15) is 23.4 Å². The van der Waals surface area contributed by atoms with Gasteiger partial charge in [0, 0.05) is 18.0 Å². The molecule has 0 aromatic carbocycles. The number of amides is 2. The van der Waals surface area contributed by atoms with Gasteiger partial charge in [-0.2, -0.15) is 0 Å². The molecule has 0 radical (unpaired) electrons. The molecule has 0 spiro atoms. The van der Waals surface area contributed by atoms with Crippen molar-refractivity contribution in [1.82, 2.24) is 15.6 Å². The molecule has 2 aliphatic carbocycles. The van der Waals surface area contributed by atoms with Crippen LogP contribution in [0.4, 0.5) is 9.18 Å². The maximum atomic E-state index is 13.1. The summed E-state index contributed by atoms with van der Waals surface area (Å²) in [4.78, 5) is 28.3. The Bertz CT molecular complexity index is 1030. The third-order valence-electron chi connectivity index (χ3n) is 4.52. The molecule has 2 amide bonds. The first kappa shape index (κ1) is 27.3. The monoisotopic (exact) mass is 479 g/mol. The molecular weight excluding hydrogens is 454 g/mol. The maximum Gasteiger partial charge on any atom is 1.00 e. The Kier molecular flexibility index (Phi) is 9.44. The minimum absolute atomic E-state index is 0. The van der Waals surface area contributed by atoms with Crippen molar-refractivity contribution in [2.75, 3.05) is 7.11 Å². The first-order valence-electron chi connectivity index (χ1n) is 10.0. The van der Waals surface area contributed by atoms with Crippen molar-refractivity contribution in [3.8, 4) is 5.75 Å². The quantitative estimate of drug-likeness (QED) is 0.276. The molecule has 2 atom stereocenters. The van der Waals surface area contributed by atoms with Crippen molar-refractivity contribution in [2.45, 2.75) is 39.0 Å². The topological polar surface area (TPSA) is 112 Å². The fourth-order valence-corrected chi connectivity index (χ4v) is 3.01. The van der Waals surface area contributed by atoms with Crippen LogP contribution in [0.2, 0.25) is 0 Å². The van der Waals surface area contributed by atoms with E-state index in [-0.39, 0.29) is 57.8 Å². The first-order chi connectivity index (χ1) is 15.1. The van der Waals surface area contributed by atoms with Crippen LogP contribution in [0.15, 0.2) is 48.0 Å². The summed E-state index contributed by atoms with van der Waals surface area (Å²) in [6.07, 6.45) is 7.84. The molecule has 0 aliphatic heterocycles. The Morgan fingerprint density at radius 2 is 2.03 bits per heavy atom. The third-order valence-corrected chi connectivity index (χ3v) is 4.52. The van der Waals surface area contributed by atoms with Gasteiger partial charge in [-0.05, 0) is 39.0 Å². The molecule has 33 heavy (non-hydrogen) atoms. The molecule has 1 unspecified atom stereocenters. The third kappa shape index (κ3) is 8.07. The van der Waals surface area contributed by atoms with E-state index in [9.17, 15) is 19.4 Å². The molecule has 170 valence electrons. The van der Waals surface area contributed by atoms with Gasteiger partial charge >= 0.3 is 57.5 Å². The molecule has 1 aromatic heterocycles. The number of nitrogens with zero attached hydrogens (tertiary/aromatic N) is 2. The van der Waals surface area contributed by atoms with Crippen LogP contribution >= 0.6 is 0 Å². The van der Waals surface area contributed by atoms with Gasteiger partial charge < -0.3 is 25.5 Å². The molecule has 0 saturated heterocycles. The van der Waals surface area contributed by atoms with Crippen LogP contribution in [0.3, 0.4) is 0 Å². The van der Waals surface area contributed by atoms with E-state index in [0.29, 0.717) is 28.2 Å². The molecule has 3 rings (SSSR count). The summed E-state index contributed by atoms with van der Waals surface area (Å²) < 4.78 is 23.8. The summed E-state index contributed by atoms with van der Waals surface area (Å²) in [5.41, 5.74) is 1.46. The van der Waals surface area contributed by atoms with Crippen molar-refractivity contribution in [2.24, 2.45) is 5.92 Å². The summed E-state index contributed by atoms with van der Waals surface area (Å²) in [6, 6.07) is 1.69. The summed E-state index contributed by atoms with van der Waals surface area (Å²) >= 11 is 0. The zero-order valence-electron chi connectivity index (χ0n) is 19.3. The Morgan fingerprint density at radius 1 is 1.33 bits per heavy atom. The van der Waals surface area contributed by atoms with Gasteiger partial charge in [-0.1, -0.05) is 5.57 Å². The Balaban J connectivity index is 0.00000385. The molecule has 2 N–H and O–H groups in total. The number of ether oxygens (including phenoxy) is 2. The Morgan fingerprint density at radius 3 is 2.64 bits per heavy atom. The number of alkyl halides is 1. The maximum absolute atomic E-state index is 13.1. The second kappa shape index (κ2) is 11.4. The Hall–Kier alpha value is -1.98. The van der Waals surface area contributed by atoms with Gasteiger partial charge in [-0.25, -0.2) is 9.18 Å². The van der Waals surface area contributed by atoms with E-state index in [1.165, 1.54) is 13.2 Å². The fraction of sp³-hybridized carbons (Fsp3) is 0.348. The largest absolute Gasteiger partial charge is 1.00 e. The van der Waals surface area contributed by atoms with Gasteiger partial charge in [-0.15, -0.1) is 36.1 Å². The predicted molar refractivity (Wildman–Crippen MR) is 118 cm³/mol. The number of nitrogens with one attached hydrogen (secondary N) is 2. The fourth-order valence-electron chi connectivity index (χ4n) is 3.01. The van der Waals surface area contributed by atoms with Crippen LogP contribution in [-0.4, -0.2) is 41.7 Å². The van der Waals surface area contributed by atoms with Crippen molar-refractivity contribution < 1.29 is 74.8 Å². The minimum atomic E-state index is -1.17. The molecule has 8 nitrogen and oxygen atoms in total.